The third-order valence-corrected chi connectivity index (χ3v) is 2.83. The van der Waals surface area contributed by atoms with Gasteiger partial charge in [0.05, 0.1) is 0 Å². The van der Waals surface area contributed by atoms with E-state index in [4.69, 9.17) is 5.73 Å². The summed E-state index contributed by atoms with van der Waals surface area (Å²) in [6.45, 7) is 0. The molecule has 1 aliphatic carbocycles. The van der Waals surface area contributed by atoms with Gasteiger partial charge in [-0.2, -0.15) is 0 Å². The second-order valence-electron chi connectivity index (χ2n) is 4.40. The molecule has 2 nitrogen and oxygen atoms in total. The average molecular weight is 282 g/mol. The lowest BCUT2D eigenvalue weighted by Gasteiger charge is -2.13. The van der Waals surface area contributed by atoms with E-state index in [1.165, 1.54) is 25.0 Å². The van der Waals surface area contributed by atoms with Crippen LogP contribution >= 0.6 is 12.4 Å². The highest BCUT2D eigenvalue weighted by molar-refractivity contribution is 5.85. The molecule has 2 rings (SSSR count). The summed E-state index contributed by atoms with van der Waals surface area (Å²) in [4.78, 5) is 0. The van der Waals surface area contributed by atoms with Gasteiger partial charge in [0, 0.05) is 6.04 Å². The van der Waals surface area contributed by atoms with Crippen molar-refractivity contribution in [1.29, 1.82) is 0 Å². The standard InChI is InChI=1S/C12H14F3NO.ClH/c13-12(14,15)17-10-5-3-9(4-6-10)11(16)7-8-1-2-8;/h3-6,8,11H,1-2,7,16H2;1H/t11-;/m1./s1. The fraction of sp³-hybridized carbons (Fsp3) is 0.500. The molecule has 0 spiro atoms. The lowest BCUT2D eigenvalue weighted by Crippen LogP contribution is -2.17. The highest BCUT2D eigenvalue weighted by Crippen LogP contribution is 2.37. The summed E-state index contributed by atoms with van der Waals surface area (Å²) in [6, 6.07) is 5.69. The molecule has 2 N–H and O–H groups in total. The van der Waals surface area contributed by atoms with Gasteiger partial charge in [-0.15, -0.1) is 25.6 Å². The first-order valence-corrected chi connectivity index (χ1v) is 5.55. The Hall–Kier alpha value is -0.940. The normalized spacial score (nSPS) is 16.9. The van der Waals surface area contributed by atoms with E-state index in [0.717, 1.165) is 12.0 Å². The second kappa shape index (κ2) is 5.80. The molecule has 6 heteroatoms. The lowest BCUT2D eigenvalue weighted by molar-refractivity contribution is -0.274. The number of nitrogens with two attached hydrogens (primary N) is 1. The molecule has 0 radical (unpaired) electrons. The van der Waals surface area contributed by atoms with Crippen LogP contribution in [-0.4, -0.2) is 6.36 Å². The molecule has 0 amide bonds. The zero-order valence-electron chi connectivity index (χ0n) is 9.61. The Kier molecular flexibility index (Phi) is 4.87. The molecular formula is C12H15ClF3NO. The second-order valence-corrected chi connectivity index (χ2v) is 4.40. The molecule has 0 heterocycles. The van der Waals surface area contributed by atoms with Crippen LogP contribution in [0, 0.1) is 5.92 Å². The lowest BCUT2D eigenvalue weighted by atomic mass is 10.0. The fourth-order valence-corrected chi connectivity index (χ4v) is 1.77. The van der Waals surface area contributed by atoms with E-state index in [9.17, 15) is 13.2 Å². The summed E-state index contributed by atoms with van der Waals surface area (Å²) in [5, 5.41) is 0. The molecule has 1 aromatic carbocycles. The summed E-state index contributed by atoms with van der Waals surface area (Å²) < 4.78 is 39.6. The molecule has 0 bridgehead atoms. The van der Waals surface area contributed by atoms with Crippen molar-refractivity contribution in [2.75, 3.05) is 0 Å². The largest absolute Gasteiger partial charge is 0.573 e. The van der Waals surface area contributed by atoms with Gasteiger partial charge in [0.25, 0.3) is 0 Å². The van der Waals surface area contributed by atoms with Crippen LogP contribution in [0.15, 0.2) is 24.3 Å². The van der Waals surface area contributed by atoms with Crippen LogP contribution in [0.1, 0.15) is 30.9 Å². The smallest absolute Gasteiger partial charge is 0.406 e. The summed E-state index contributed by atoms with van der Waals surface area (Å²) in [6.07, 6.45) is -1.32. The van der Waals surface area contributed by atoms with Crippen LogP contribution < -0.4 is 10.5 Å². The van der Waals surface area contributed by atoms with Crippen LogP contribution in [0.3, 0.4) is 0 Å². The minimum atomic E-state index is -4.64. The molecule has 18 heavy (non-hydrogen) atoms. The van der Waals surface area contributed by atoms with E-state index in [-0.39, 0.29) is 24.2 Å². The van der Waals surface area contributed by atoms with E-state index in [1.807, 2.05) is 0 Å². The van der Waals surface area contributed by atoms with Gasteiger partial charge in [-0.1, -0.05) is 25.0 Å². The molecular weight excluding hydrogens is 267 g/mol. The molecule has 1 atom stereocenters. The van der Waals surface area contributed by atoms with Gasteiger partial charge in [-0.3, -0.25) is 0 Å². The van der Waals surface area contributed by atoms with Crippen LogP contribution in [0.4, 0.5) is 13.2 Å². The molecule has 1 saturated carbocycles. The monoisotopic (exact) mass is 281 g/mol. The van der Waals surface area contributed by atoms with Gasteiger partial charge < -0.3 is 10.5 Å². The van der Waals surface area contributed by atoms with Gasteiger partial charge in [0.1, 0.15) is 5.75 Å². The zero-order valence-corrected chi connectivity index (χ0v) is 10.4. The Labute approximate surface area is 110 Å². The number of ether oxygens (including phenoxy) is 1. The first-order valence-electron chi connectivity index (χ1n) is 5.55. The van der Waals surface area contributed by atoms with Crippen molar-refractivity contribution in [2.24, 2.45) is 11.7 Å². The SMILES string of the molecule is Cl.N[C@H](CC1CC1)c1ccc(OC(F)(F)F)cc1. The molecule has 0 aliphatic heterocycles. The van der Waals surface area contributed by atoms with Crippen molar-refractivity contribution in [3.05, 3.63) is 29.8 Å². The van der Waals surface area contributed by atoms with E-state index >= 15 is 0 Å². The van der Waals surface area contributed by atoms with Crippen molar-refractivity contribution in [2.45, 2.75) is 31.7 Å². The number of hydrogen-bond acceptors (Lipinski definition) is 2. The number of halogens is 4. The van der Waals surface area contributed by atoms with Crippen molar-refractivity contribution >= 4 is 12.4 Å². The van der Waals surface area contributed by atoms with Crippen molar-refractivity contribution in [3.8, 4) is 5.75 Å². The van der Waals surface area contributed by atoms with E-state index in [0.29, 0.717) is 5.92 Å². The highest BCUT2D eigenvalue weighted by Gasteiger charge is 2.31. The van der Waals surface area contributed by atoms with Gasteiger partial charge >= 0.3 is 6.36 Å². The Balaban J connectivity index is 0.00000162. The number of alkyl halides is 3. The van der Waals surface area contributed by atoms with Crippen molar-refractivity contribution in [3.63, 3.8) is 0 Å². The summed E-state index contributed by atoms with van der Waals surface area (Å²) in [5.41, 5.74) is 6.80. The van der Waals surface area contributed by atoms with E-state index < -0.39 is 6.36 Å². The molecule has 1 fully saturated rings. The molecule has 0 saturated heterocycles. The van der Waals surface area contributed by atoms with Crippen molar-refractivity contribution in [1.82, 2.24) is 0 Å². The van der Waals surface area contributed by atoms with Crippen LogP contribution in [0.2, 0.25) is 0 Å². The van der Waals surface area contributed by atoms with Crippen LogP contribution in [0.5, 0.6) is 5.75 Å². The van der Waals surface area contributed by atoms with Gasteiger partial charge in [0.2, 0.25) is 0 Å². The molecule has 0 aromatic heterocycles. The first-order chi connectivity index (χ1) is 7.94. The van der Waals surface area contributed by atoms with Crippen LogP contribution in [0.25, 0.3) is 0 Å². The Morgan fingerprint density at radius 3 is 2.22 bits per heavy atom. The highest BCUT2D eigenvalue weighted by atomic mass is 35.5. The Morgan fingerprint density at radius 2 is 1.78 bits per heavy atom. The van der Waals surface area contributed by atoms with Gasteiger partial charge in [0.15, 0.2) is 0 Å². The third kappa shape index (κ3) is 4.74. The average Bonchev–Trinajstić information content (AvgIpc) is 3.00. The van der Waals surface area contributed by atoms with Gasteiger partial charge in [-0.25, -0.2) is 0 Å². The Morgan fingerprint density at radius 1 is 1.22 bits per heavy atom. The number of benzene rings is 1. The number of hydrogen-bond donors (Lipinski definition) is 1. The summed E-state index contributed by atoms with van der Waals surface area (Å²) in [5.74, 6) is 0.482. The number of rotatable bonds is 4. The van der Waals surface area contributed by atoms with E-state index in [2.05, 4.69) is 4.74 Å². The molecule has 1 aliphatic rings. The maximum Gasteiger partial charge on any atom is 0.573 e. The minimum Gasteiger partial charge on any atom is -0.406 e. The van der Waals surface area contributed by atoms with Crippen molar-refractivity contribution < 1.29 is 17.9 Å². The first kappa shape index (κ1) is 15.1. The fourth-order valence-electron chi connectivity index (χ4n) is 1.77. The zero-order chi connectivity index (χ0) is 12.5. The van der Waals surface area contributed by atoms with Gasteiger partial charge in [-0.05, 0) is 30.0 Å². The summed E-state index contributed by atoms with van der Waals surface area (Å²) >= 11 is 0. The third-order valence-electron chi connectivity index (χ3n) is 2.83. The predicted octanol–water partition coefficient (Wildman–Crippen LogP) is 3.81. The van der Waals surface area contributed by atoms with E-state index in [1.54, 1.807) is 12.1 Å². The van der Waals surface area contributed by atoms with Crippen LogP contribution in [-0.2, 0) is 0 Å². The summed E-state index contributed by atoms with van der Waals surface area (Å²) in [7, 11) is 0. The maximum absolute atomic E-state index is 11.9. The Bertz CT molecular complexity index is 376. The predicted molar refractivity (Wildman–Crippen MR) is 64.6 cm³/mol. The molecule has 102 valence electrons. The topological polar surface area (TPSA) is 35.2 Å². The molecule has 1 aromatic rings. The molecule has 0 unspecified atom stereocenters. The maximum atomic E-state index is 11.9. The quantitative estimate of drug-likeness (QED) is 0.911. The minimum absolute atomic E-state index is 0.